The zero-order valence-corrected chi connectivity index (χ0v) is 13.6. The lowest BCUT2D eigenvalue weighted by molar-refractivity contribution is 0.174. The van der Waals surface area contributed by atoms with Crippen LogP contribution in [0.5, 0.6) is 11.5 Å². The summed E-state index contributed by atoms with van der Waals surface area (Å²) >= 11 is 3.58. The molecule has 1 unspecified atom stereocenters. The Bertz CT molecular complexity index is 454. The van der Waals surface area contributed by atoms with E-state index in [1.165, 1.54) is 5.56 Å². The number of rotatable bonds is 4. The fraction of sp³-hybridized carbons (Fsp3) is 0.600. The van der Waals surface area contributed by atoms with Gasteiger partial charge in [0.2, 0.25) is 6.79 Å². The first kappa shape index (κ1) is 14.7. The summed E-state index contributed by atoms with van der Waals surface area (Å²) in [7, 11) is 0. The van der Waals surface area contributed by atoms with Gasteiger partial charge in [0.1, 0.15) is 0 Å². The molecule has 1 heterocycles. The van der Waals surface area contributed by atoms with Crippen molar-refractivity contribution in [3.63, 3.8) is 0 Å². The first-order chi connectivity index (χ1) is 8.88. The van der Waals surface area contributed by atoms with Gasteiger partial charge in [-0.05, 0) is 35.6 Å². The summed E-state index contributed by atoms with van der Waals surface area (Å²) in [5.41, 5.74) is 1.53. The highest BCUT2D eigenvalue weighted by molar-refractivity contribution is 9.10. The lowest BCUT2D eigenvalue weighted by Gasteiger charge is -2.27. The molecule has 3 nitrogen and oxygen atoms in total. The van der Waals surface area contributed by atoms with E-state index < -0.39 is 0 Å². The number of fused-ring (bicyclic) bond motifs is 1. The van der Waals surface area contributed by atoms with Gasteiger partial charge in [0, 0.05) is 11.0 Å². The van der Waals surface area contributed by atoms with E-state index in [2.05, 4.69) is 48.9 Å². The van der Waals surface area contributed by atoms with Gasteiger partial charge in [-0.15, -0.1) is 0 Å². The summed E-state index contributed by atoms with van der Waals surface area (Å²) in [4.78, 5) is 0. The molecule has 1 N–H and O–H groups in total. The van der Waals surface area contributed by atoms with Crippen molar-refractivity contribution in [3.8, 4) is 11.5 Å². The minimum Gasteiger partial charge on any atom is -0.454 e. The first-order valence-corrected chi connectivity index (χ1v) is 7.46. The standard InChI is InChI=1S/C15H22BrNO2/c1-10(15(2,3)4)7-17-8-11-5-13-14(6-12(11)16)19-9-18-13/h5-6,10,17H,7-9H2,1-4H3. The molecule has 106 valence electrons. The third-order valence-corrected chi connectivity index (χ3v) is 4.52. The van der Waals surface area contributed by atoms with Crippen LogP contribution >= 0.6 is 15.9 Å². The fourth-order valence-electron chi connectivity index (χ4n) is 1.82. The van der Waals surface area contributed by atoms with Gasteiger partial charge in [0.05, 0.1) is 0 Å². The number of benzene rings is 1. The Morgan fingerprint density at radius 1 is 1.26 bits per heavy atom. The van der Waals surface area contributed by atoms with Gasteiger partial charge in [0.15, 0.2) is 11.5 Å². The molecule has 0 fully saturated rings. The smallest absolute Gasteiger partial charge is 0.231 e. The van der Waals surface area contributed by atoms with Crippen LogP contribution in [0, 0.1) is 11.3 Å². The van der Waals surface area contributed by atoms with Crippen LogP contribution in [0.2, 0.25) is 0 Å². The van der Waals surface area contributed by atoms with Crippen LogP contribution in [0.1, 0.15) is 33.3 Å². The molecule has 0 bridgehead atoms. The van der Waals surface area contributed by atoms with Crippen LogP contribution in [0.4, 0.5) is 0 Å². The van der Waals surface area contributed by atoms with E-state index >= 15 is 0 Å². The van der Waals surface area contributed by atoms with E-state index in [-0.39, 0.29) is 0 Å². The summed E-state index contributed by atoms with van der Waals surface area (Å²) in [6.45, 7) is 11.3. The van der Waals surface area contributed by atoms with E-state index in [0.717, 1.165) is 29.1 Å². The largest absolute Gasteiger partial charge is 0.454 e. The second-order valence-corrected chi connectivity index (χ2v) is 7.05. The Balaban J connectivity index is 1.93. The molecule has 2 rings (SSSR count). The van der Waals surface area contributed by atoms with Crippen molar-refractivity contribution in [2.45, 2.75) is 34.2 Å². The van der Waals surface area contributed by atoms with Crippen LogP contribution in [-0.2, 0) is 6.54 Å². The van der Waals surface area contributed by atoms with Gasteiger partial charge < -0.3 is 14.8 Å². The molecule has 0 spiro atoms. The quantitative estimate of drug-likeness (QED) is 0.908. The van der Waals surface area contributed by atoms with Crippen LogP contribution in [0.3, 0.4) is 0 Å². The van der Waals surface area contributed by atoms with Gasteiger partial charge in [-0.3, -0.25) is 0 Å². The van der Waals surface area contributed by atoms with E-state index in [9.17, 15) is 0 Å². The zero-order valence-electron chi connectivity index (χ0n) is 12.0. The highest BCUT2D eigenvalue weighted by Crippen LogP contribution is 2.36. The third kappa shape index (κ3) is 3.63. The molecule has 0 aromatic heterocycles. The van der Waals surface area contributed by atoms with E-state index in [1.54, 1.807) is 0 Å². The fourth-order valence-corrected chi connectivity index (χ4v) is 2.29. The summed E-state index contributed by atoms with van der Waals surface area (Å²) in [6, 6.07) is 4.02. The predicted octanol–water partition coefficient (Wildman–Crippen LogP) is 3.95. The lowest BCUT2D eigenvalue weighted by Crippen LogP contribution is -2.29. The first-order valence-electron chi connectivity index (χ1n) is 6.66. The van der Waals surface area contributed by atoms with E-state index in [0.29, 0.717) is 18.1 Å². The Morgan fingerprint density at radius 2 is 1.89 bits per heavy atom. The van der Waals surface area contributed by atoms with Crippen LogP contribution in [0.15, 0.2) is 16.6 Å². The summed E-state index contributed by atoms with van der Waals surface area (Å²) < 4.78 is 11.8. The molecular weight excluding hydrogens is 306 g/mol. The second kappa shape index (κ2) is 5.71. The molecule has 1 aliphatic rings. The van der Waals surface area contributed by atoms with Gasteiger partial charge in [0.25, 0.3) is 0 Å². The van der Waals surface area contributed by atoms with Crippen molar-refractivity contribution in [2.75, 3.05) is 13.3 Å². The number of halogens is 1. The Labute approximate surface area is 123 Å². The van der Waals surface area contributed by atoms with Gasteiger partial charge >= 0.3 is 0 Å². The molecule has 0 saturated carbocycles. The minimum absolute atomic E-state index is 0.319. The van der Waals surface area contributed by atoms with Crippen molar-refractivity contribution in [1.29, 1.82) is 0 Å². The molecule has 0 saturated heterocycles. The zero-order chi connectivity index (χ0) is 14.0. The molecule has 1 atom stereocenters. The number of nitrogens with one attached hydrogen (secondary N) is 1. The van der Waals surface area contributed by atoms with Crippen molar-refractivity contribution < 1.29 is 9.47 Å². The average molecular weight is 328 g/mol. The topological polar surface area (TPSA) is 30.5 Å². The number of hydrogen-bond donors (Lipinski definition) is 1. The van der Waals surface area contributed by atoms with Crippen molar-refractivity contribution in [1.82, 2.24) is 5.32 Å². The SMILES string of the molecule is CC(CNCc1cc2c(cc1Br)OCO2)C(C)(C)C. The molecule has 1 aromatic rings. The molecule has 4 heteroatoms. The molecule has 19 heavy (non-hydrogen) atoms. The molecular formula is C15H22BrNO2. The van der Waals surface area contributed by atoms with Crippen LogP contribution in [0.25, 0.3) is 0 Å². The summed E-state index contributed by atoms with van der Waals surface area (Å²) in [5, 5.41) is 3.51. The van der Waals surface area contributed by atoms with E-state index in [1.807, 2.05) is 12.1 Å². The summed E-state index contributed by atoms with van der Waals surface area (Å²) in [6.07, 6.45) is 0. The second-order valence-electron chi connectivity index (χ2n) is 6.19. The maximum Gasteiger partial charge on any atom is 0.231 e. The van der Waals surface area contributed by atoms with Crippen molar-refractivity contribution in [2.24, 2.45) is 11.3 Å². The molecule has 0 amide bonds. The predicted molar refractivity (Wildman–Crippen MR) is 80.6 cm³/mol. The highest BCUT2D eigenvalue weighted by Gasteiger charge is 2.20. The highest BCUT2D eigenvalue weighted by atomic mass is 79.9. The third-order valence-electron chi connectivity index (χ3n) is 3.79. The van der Waals surface area contributed by atoms with Crippen LogP contribution in [-0.4, -0.2) is 13.3 Å². The normalized spacial score (nSPS) is 15.6. The molecule has 1 aromatic carbocycles. The van der Waals surface area contributed by atoms with Crippen molar-refractivity contribution in [3.05, 3.63) is 22.2 Å². The van der Waals surface area contributed by atoms with Gasteiger partial charge in [-0.2, -0.15) is 0 Å². The minimum atomic E-state index is 0.319. The Hall–Kier alpha value is -0.740. The number of ether oxygens (including phenoxy) is 2. The van der Waals surface area contributed by atoms with Crippen molar-refractivity contribution >= 4 is 15.9 Å². The number of hydrogen-bond acceptors (Lipinski definition) is 3. The Kier molecular flexibility index (Phi) is 4.41. The maximum absolute atomic E-state index is 5.40. The van der Waals surface area contributed by atoms with Crippen LogP contribution < -0.4 is 14.8 Å². The van der Waals surface area contributed by atoms with E-state index in [4.69, 9.17) is 9.47 Å². The van der Waals surface area contributed by atoms with Gasteiger partial charge in [-0.25, -0.2) is 0 Å². The monoisotopic (exact) mass is 327 g/mol. The maximum atomic E-state index is 5.40. The summed E-state index contributed by atoms with van der Waals surface area (Å²) in [5.74, 6) is 2.28. The Morgan fingerprint density at radius 3 is 2.53 bits per heavy atom. The molecule has 1 aliphatic heterocycles. The molecule has 0 aliphatic carbocycles. The lowest BCUT2D eigenvalue weighted by atomic mass is 9.82. The average Bonchev–Trinajstić information content (AvgIpc) is 2.74. The van der Waals surface area contributed by atoms with Gasteiger partial charge in [-0.1, -0.05) is 43.6 Å². The molecule has 0 radical (unpaired) electrons.